The molecule has 0 fully saturated rings. The highest BCUT2D eigenvalue weighted by Crippen LogP contribution is 2.25. The summed E-state index contributed by atoms with van der Waals surface area (Å²) in [4.78, 5) is 0. The number of rotatable bonds is 5. The molecule has 2 aromatic rings. The molecule has 2 rings (SSSR count). The van der Waals surface area contributed by atoms with Crippen LogP contribution in [-0.4, -0.2) is 29.7 Å². The maximum absolute atomic E-state index is 10.6. The summed E-state index contributed by atoms with van der Waals surface area (Å²) in [5, 5.41) is 10.6. The van der Waals surface area contributed by atoms with Crippen molar-refractivity contribution < 1.29 is 62.1 Å². The van der Waals surface area contributed by atoms with Crippen LogP contribution in [0.25, 0.3) is 0 Å². The van der Waals surface area contributed by atoms with Crippen LogP contribution >= 0.6 is 0 Å². The van der Waals surface area contributed by atoms with Crippen LogP contribution in [-0.2, 0) is 13.6 Å². The maximum atomic E-state index is 10.6. The van der Waals surface area contributed by atoms with Gasteiger partial charge < -0.3 is 57.5 Å². The van der Waals surface area contributed by atoms with Gasteiger partial charge in [0.1, 0.15) is 25.7 Å². The van der Waals surface area contributed by atoms with E-state index < -0.39 is 6.10 Å². The van der Waals surface area contributed by atoms with Gasteiger partial charge in [0.25, 0.3) is 0 Å². The second-order valence-electron chi connectivity index (χ2n) is 6.41. The van der Waals surface area contributed by atoms with E-state index in [9.17, 15) is 5.11 Å². The highest BCUT2D eigenvalue weighted by Gasteiger charge is 2.32. The fourth-order valence-corrected chi connectivity index (χ4v) is 2.67. The number of aliphatic hydroxyl groups is 1. The molecule has 5 heteroatoms. The van der Waals surface area contributed by atoms with Crippen LogP contribution in [0.1, 0.15) is 24.2 Å². The van der Waals surface area contributed by atoms with Crippen LogP contribution in [0.15, 0.2) is 54.9 Å². The Morgan fingerprint density at radius 3 is 2.22 bits per heavy atom. The summed E-state index contributed by atoms with van der Waals surface area (Å²) in [7, 11) is 6.37. The third kappa shape index (κ3) is 6.28. The number of quaternary nitrogens is 1. The Bertz CT molecular complexity index is 591. The smallest absolute Gasteiger partial charge is 0.177 e. The summed E-state index contributed by atoms with van der Waals surface area (Å²) in [6, 6.07) is 14.2. The van der Waals surface area contributed by atoms with Crippen LogP contribution < -0.4 is 52.5 Å². The van der Waals surface area contributed by atoms with E-state index in [4.69, 9.17) is 0 Å². The lowest BCUT2D eigenvalue weighted by Crippen LogP contribution is -3.00. The molecule has 3 nitrogen and oxygen atoms in total. The Morgan fingerprint density at radius 1 is 1.04 bits per heavy atom. The number of hydrogen-bond acceptors (Lipinski definition) is 1. The first-order chi connectivity index (χ1) is 9.90. The molecule has 0 amide bonds. The number of halogens is 2. The van der Waals surface area contributed by atoms with E-state index >= 15 is 0 Å². The predicted molar refractivity (Wildman–Crippen MR) is 84.3 cm³/mol. The van der Waals surface area contributed by atoms with Gasteiger partial charge in [0.2, 0.25) is 0 Å². The lowest BCUT2D eigenvalue weighted by atomic mass is 10.0. The molecule has 1 aromatic heterocycles. The average molecular weight is 540 g/mol. The van der Waals surface area contributed by atoms with Crippen molar-refractivity contribution in [2.75, 3.05) is 14.1 Å². The predicted octanol–water partition coefficient (Wildman–Crippen LogP) is -3.78. The average Bonchev–Trinajstić information content (AvgIpc) is 2.46. The van der Waals surface area contributed by atoms with Crippen molar-refractivity contribution >= 4 is 0 Å². The third-order valence-electron chi connectivity index (χ3n) is 4.29. The number of hydrogen-bond donors (Lipinski definition) is 1. The zero-order valence-corrected chi connectivity index (χ0v) is 18.5. The lowest BCUT2D eigenvalue weighted by molar-refractivity contribution is -0.930. The number of aryl methyl sites for hydroxylation is 1. The minimum Gasteiger partial charge on any atom is -1.00 e. The van der Waals surface area contributed by atoms with Gasteiger partial charge in [0.15, 0.2) is 12.4 Å². The van der Waals surface area contributed by atoms with Crippen molar-refractivity contribution in [3.8, 4) is 0 Å². The van der Waals surface area contributed by atoms with Crippen molar-refractivity contribution in [1.82, 2.24) is 0 Å². The van der Waals surface area contributed by atoms with Crippen molar-refractivity contribution in [1.29, 1.82) is 0 Å². The normalized spacial score (nSPS) is 13.4. The number of benzene rings is 1. The van der Waals surface area contributed by atoms with Gasteiger partial charge in [-0.05, 0) is 18.6 Å². The molecule has 2 atom stereocenters. The number of nitrogens with zero attached hydrogens (tertiary/aromatic N) is 2. The monoisotopic (exact) mass is 540 g/mol. The molecule has 0 unspecified atom stereocenters. The topological polar surface area (TPSA) is 24.1 Å². The van der Waals surface area contributed by atoms with E-state index in [1.165, 1.54) is 5.56 Å². The van der Waals surface area contributed by atoms with Crippen molar-refractivity contribution in [2.24, 2.45) is 7.05 Å². The van der Waals surface area contributed by atoms with Crippen LogP contribution in [0, 0.1) is 0 Å². The van der Waals surface area contributed by atoms with Gasteiger partial charge in [-0.15, -0.1) is 0 Å². The number of aliphatic hydroxyl groups excluding tert-OH is 1. The highest BCUT2D eigenvalue weighted by atomic mass is 127. The van der Waals surface area contributed by atoms with Crippen LogP contribution in [0.3, 0.4) is 0 Å². The summed E-state index contributed by atoms with van der Waals surface area (Å²) >= 11 is 0. The summed E-state index contributed by atoms with van der Waals surface area (Å²) in [5.41, 5.74) is 2.26. The van der Waals surface area contributed by atoms with Crippen molar-refractivity contribution in [3.63, 3.8) is 0 Å². The van der Waals surface area contributed by atoms with E-state index in [-0.39, 0.29) is 54.0 Å². The standard InChI is InChI=1S/C18H26N2O.2HI/c1-15(18(21)17-10-6-5-7-11-17)20(3,4)14-16-9-8-12-19(2)13-16;;/h5-13,15,18,21H,14H2,1-4H3;2*1H/q+2;;/p-2/t15-,18-;;/m1../s1. The van der Waals surface area contributed by atoms with Crippen LogP contribution in [0.4, 0.5) is 0 Å². The second kappa shape index (κ2) is 9.90. The molecule has 0 spiro atoms. The fraction of sp³-hybridized carbons (Fsp3) is 0.389. The number of pyridine rings is 1. The lowest BCUT2D eigenvalue weighted by Gasteiger charge is -2.38. The maximum Gasteiger partial charge on any atom is 0.177 e. The van der Waals surface area contributed by atoms with E-state index in [2.05, 4.69) is 43.9 Å². The molecule has 1 heterocycles. The van der Waals surface area contributed by atoms with Gasteiger partial charge in [-0.25, -0.2) is 4.57 Å². The zero-order chi connectivity index (χ0) is 15.5. The SMILES string of the molecule is C[C@H]([C@@H](O)c1ccccc1)[N+](C)(C)Cc1ccc[n+](C)c1.[I-].[I-]. The Kier molecular flexibility index (Phi) is 9.80. The van der Waals surface area contributed by atoms with Gasteiger partial charge in [0, 0.05) is 6.07 Å². The molecule has 1 N–H and O–H groups in total. The molecule has 0 saturated carbocycles. The van der Waals surface area contributed by atoms with E-state index in [0.29, 0.717) is 0 Å². The Labute approximate surface area is 174 Å². The molecular weight excluding hydrogens is 514 g/mol. The Morgan fingerprint density at radius 2 is 1.65 bits per heavy atom. The minimum absolute atomic E-state index is 0. The largest absolute Gasteiger partial charge is 1.00 e. The molecule has 128 valence electrons. The number of aromatic nitrogens is 1. The quantitative estimate of drug-likeness (QED) is 0.235. The van der Waals surface area contributed by atoms with Crippen molar-refractivity contribution in [3.05, 3.63) is 66.0 Å². The van der Waals surface area contributed by atoms with Crippen LogP contribution in [0.5, 0.6) is 0 Å². The first-order valence-electron chi connectivity index (χ1n) is 7.40. The van der Waals surface area contributed by atoms with Crippen molar-refractivity contribution in [2.45, 2.75) is 25.6 Å². The molecule has 23 heavy (non-hydrogen) atoms. The fourth-order valence-electron chi connectivity index (χ4n) is 2.67. The summed E-state index contributed by atoms with van der Waals surface area (Å²) in [6.45, 7) is 3.00. The molecule has 0 bridgehead atoms. The van der Waals surface area contributed by atoms with E-state index in [1.54, 1.807) is 0 Å². The van der Waals surface area contributed by atoms with Crippen LogP contribution in [0.2, 0.25) is 0 Å². The number of likely N-dealkylation sites (N-methyl/N-ethyl adjacent to an activating group) is 1. The molecule has 0 aliphatic heterocycles. The van der Waals surface area contributed by atoms with Gasteiger partial charge in [0.05, 0.1) is 19.7 Å². The second-order valence-corrected chi connectivity index (χ2v) is 6.41. The third-order valence-corrected chi connectivity index (χ3v) is 4.29. The first-order valence-corrected chi connectivity index (χ1v) is 7.40. The summed E-state index contributed by atoms with van der Waals surface area (Å²) < 4.78 is 2.80. The van der Waals surface area contributed by atoms with E-state index in [1.807, 2.05) is 43.6 Å². The highest BCUT2D eigenvalue weighted by molar-refractivity contribution is 5.18. The van der Waals surface area contributed by atoms with Gasteiger partial charge in [-0.3, -0.25) is 0 Å². The van der Waals surface area contributed by atoms with Gasteiger partial charge in [-0.2, -0.15) is 0 Å². The summed E-state index contributed by atoms with van der Waals surface area (Å²) in [6.07, 6.45) is 3.71. The molecule has 0 radical (unpaired) electrons. The van der Waals surface area contributed by atoms with Gasteiger partial charge >= 0.3 is 0 Å². The van der Waals surface area contributed by atoms with E-state index in [0.717, 1.165) is 16.6 Å². The summed E-state index contributed by atoms with van der Waals surface area (Å²) in [5.74, 6) is 0. The minimum atomic E-state index is -0.460. The molecular formula is C18H26I2N2O. The first kappa shape index (κ1) is 22.8. The zero-order valence-electron chi connectivity index (χ0n) is 14.2. The molecule has 0 aliphatic rings. The Balaban J connectivity index is 0.00000242. The van der Waals surface area contributed by atoms with Gasteiger partial charge in [-0.1, -0.05) is 30.3 Å². The molecule has 0 saturated heterocycles. The Hall–Kier alpha value is -0.250. The molecule has 1 aromatic carbocycles. The molecule has 0 aliphatic carbocycles.